The van der Waals surface area contributed by atoms with Crippen LogP contribution in [0.2, 0.25) is 0 Å². The first-order valence-electron chi connectivity index (χ1n) is 6.28. The molecule has 0 spiro atoms. The maximum atomic E-state index is 14.3. The highest BCUT2D eigenvalue weighted by atomic mass is 79.9. The smallest absolute Gasteiger partial charge is 0.160 e. The zero-order chi connectivity index (χ0) is 13.9. The van der Waals surface area contributed by atoms with Gasteiger partial charge >= 0.3 is 0 Å². The van der Waals surface area contributed by atoms with E-state index in [0.717, 1.165) is 12.0 Å². The third kappa shape index (κ3) is 3.45. The largest absolute Gasteiger partial charge is 0.369 e. The van der Waals surface area contributed by atoms with E-state index in [-0.39, 0.29) is 5.82 Å². The number of nitrogens with two attached hydrogens (primary N) is 1. The first-order valence-corrected chi connectivity index (χ1v) is 7.07. The van der Waals surface area contributed by atoms with Gasteiger partial charge in [-0.25, -0.2) is 4.39 Å². The fourth-order valence-corrected chi connectivity index (χ4v) is 2.58. The third-order valence-corrected chi connectivity index (χ3v) is 4.07. The van der Waals surface area contributed by atoms with Gasteiger partial charge in [-0.15, -0.1) is 0 Å². The van der Waals surface area contributed by atoms with Crippen LogP contribution in [0.25, 0.3) is 0 Å². The van der Waals surface area contributed by atoms with Crippen LogP contribution in [0, 0.1) is 11.7 Å². The Morgan fingerprint density at radius 2 is 1.94 bits per heavy atom. The molecule has 0 aliphatic rings. The van der Waals surface area contributed by atoms with E-state index in [1.165, 1.54) is 0 Å². The molecule has 1 aromatic carbocycles. The van der Waals surface area contributed by atoms with Crippen LogP contribution in [0.5, 0.6) is 0 Å². The summed E-state index contributed by atoms with van der Waals surface area (Å²) in [6.45, 7) is 6.80. The quantitative estimate of drug-likeness (QED) is 0.892. The van der Waals surface area contributed by atoms with Crippen molar-refractivity contribution in [3.05, 3.63) is 28.0 Å². The van der Waals surface area contributed by atoms with Gasteiger partial charge in [0, 0.05) is 19.6 Å². The molecule has 1 unspecified atom stereocenters. The average Bonchev–Trinajstić information content (AvgIpc) is 2.31. The standard InChI is InChI=1S/C14H22BrFN2/c1-9(2)7-10(3)18(4)12-6-5-11(8-17)13(15)14(12)16/h5-6,9-10H,7-8,17H2,1-4H3. The average molecular weight is 317 g/mol. The van der Waals surface area contributed by atoms with Gasteiger partial charge in [0.25, 0.3) is 0 Å². The SMILES string of the molecule is CC(C)CC(C)N(C)c1ccc(CN)c(Br)c1F. The molecule has 0 aliphatic heterocycles. The van der Waals surface area contributed by atoms with Crippen molar-refractivity contribution in [1.82, 2.24) is 0 Å². The van der Waals surface area contributed by atoms with E-state index in [1.807, 2.05) is 18.0 Å². The van der Waals surface area contributed by atoms with Crippen molar-refractivity contribution in [2.75, 3.05) is 11.9 Å². The molecule has 0 amide bonds. The summed E-state index contributed by atoms with van der Waals surface area (Å²) < 4.78 is 14.7. The predicted molar refractivity (Wildman–Crippen MR) is 79.3 cm³/mol. The Kier molecular flexibility index (Phi) is 5.60. The normalized spacial score (nSPS) is 12.9. The van der Waals surface area contributed by atoms with Crippen molar-refractivity contribution < 1.29 is 4.39 Å². The van der Waals surface area contributed by atoms with Crippen LogP contribution in [-0.2, 0) is 6.54 Å². The number of nitrogens with zero attached hydrogens (tertiary/aromatic N) is 1. The Morgan fingerprint density at radius 3 is 2.44 bits per heavy atom. The molecule has 18 heavy (non-hydrogen) atoms. The van der Waals surface area contributed by atoms with Gasteiger partial charge in [0.15, 0.2) is 5.82 Å². The lowest BCUT2D eigenvalue weighted by molar-refractivity contribution is 0.497. The lowest BCUT2D eigenvalue weighted by Gasteiger charge is -2.29. The fourth-order valence-electron chi connectivity index (χ4n) is 2.09. The van der Waals surface area contributed by atoms with E-state index >= 15 is 0 Å². The zero-order valence-electron chi connectivity index (χ0n) is 11.5. The Bertz CT molecular complexity index is 407. The second kappa shape index (κ2) is 6.53. The molecule has 0 aliphatic carbocycles. The summed E-state index contributed by atoms with van der Waals surface area (Å²) >= 11 is 3.28. The summed E-state index contributed by atoms with van der Waals surface area (Å²) in [6.07, 6.45) is 1.03. The molecule has 0 radical (unpaired) electrons. The maximum absolute atomic E-state index is 14.3. The highest BCUT2D eigenvalue weighted by Gasteiger charge is 2.18. The van der Waals surface area contributed by atoms with E-state index in [4.69, 9.17) is 5.73 Å². The van der Waals surface area contributed by atoms with E-state index in [0.29, 0.717) is 28.7 Å². The molecule has 2 nitrogen and oxygen atoms in total. The molecule has 0 aromatic heterocycles. The van der Waals surface area contributed by atoms with Gasteiger partial charge in [-0.1, -0.05) is 19.9 Å². The Hall–Kier alpha value is -0.610. The summed E-state index contributed by atoms with van der Waals surface area (Å²) in [5.41, 5.74) is 6.97. The molecule has 2 N–H and O–H groups in total. The minimum absolute atomic E-state index is 0.226. The Balaban J connectivity index is 2.99. The van der Waals surface area contributed by atoms with Crippen LogP contribution in [0.4, 0.5) is 10.1 Å². The minimum atomic E-state index is -0.226. The van der Waals surface area contributed by atoms with E-state index in [2.05, 4.69) is 36.7 Å². The molecule has 0 bridgehead atoms. The van der Waals surface area contributed by atoms with Crippen LogP contribution >= 0.6 is 15.9 Å². The highest BCUT2D eigenvalue weighted by molar-refractivity contribution is 9.10. The van der Waals surface area contributed by atoms with Crippen molar-refractivity contribution >= 4 is 21.6 Å². The number of halogens is 2. The molecule has 1 rings (SSSR count). The van der Waals surface area contributed by atoms with Gasteiger partial charge in [-0.2, -0.15) is 0 Å². The van der Waals surface area contributed by atoms with Crippen LogP contribution in [0.3, 0.4) is 0 Å². The van der Waals surface area contributed by atoms with Crippen molar-refractivity contribution in [2.45, 2.75) is 39.8 Å². The van der Waals surface area contributed by atoms with E-state index < -0.39 is 0 Å². The van der Waals surface area contributed by atoms with Crippen molar-refractivity contribution in [3.8, 4) is 0 Å². The minimum Gasteiger partial charge on any atom is -0.369 e. The van der Waals surface area contributed by atoms with Gasteiger partial charge in [0.1, 0.15) is 0 Å². The molecule has 1 aromatic rings. The fraction of sp³-hybridized carbons (Fsp3) is 0.571. The number of hydrogen-bond donors (Lipinski definition) is 1. The summed E-state index contributed by atoms with van der Waals surface area (Å²) in [4.78, 5) is 1.99. The molecule has 0 saturated carbocycles. The summed E-state index contributed by atoms with van der Waals surface area (Å²) in [6, 6.07) is 3.98. The van der Waals surface area contributed by atoms with Crippen molar-refractivity contribution in [2.24, 2.45) is 11.7 Å². The van der Waals surface area contributed by atoms with E-state index in [1.54, 1.807) is 6.07 Å². The second-order valence-electron chi connectivity index (χ2n) is 5.17. The van der Waals surface area contributed by atoms with Crippen molar-refractivity contribution in [1.29, 1.82) is 0 Å². The van der Waals surface area contributed by atoms with Gasteiger partial charge in [-0.3, -0.25) is 0 Å². The predicted octanol–water partition coefficient (Wildman–Crippen LogP) is 3.92. The van der Waals surface area contributed by atoms with Gasteiger partial charge in [0.2, 0.25) is 0 Å². The second-order valence-corrected chi connectivity index (χ2v) is 5.96. The van der Waals surface area contributed by atoms with Gasteiger partial charge in [-0.05, 0) is 46.8 Å². The Morgan fingerprint density at radius 1 is 1.33 bits per heavy atom. The molecule has 4 heteroatoms. The molecule has 0 fully saturated rings. The molecule has 1 atom stereocenters. The molecular formula is C14H22BrFN2. The van der Waals surface area contributed by atoms with Crippen LogP contribution in [0.15, 0.2) is 16.6 Å². The maximum Gasteiger partial charge on any atom is 0.160 e. The Labute approximate surface area is 117 Å². The summed E-state index contributed by atoms with van der Waals surface area (Å²) in [5.74, 6) is 0.369. The molecular weight excluding hydrogens is 295 g/mol. The first-order chi connectivity index (χ1) is 8.38. The summed E-state index contributed by atoms with van der Waals surface area (Å²) in [7, 11) is 1.93. The lowest BCUT2D eigenvalue weighted by Crippen LogP contribution is -2.30. The molecule has 0 saturated heterocycles. The number of rotatable bonds is 5. The number of anilines is 1. The van der Waals surface area contributed by atoms with Crippen LogP contribution in [0.1, 0.15) is 32.8 Å². The monoisotopic (exact) mass is 316 g/mol. The third-order valence-electron chi connectivity index (χ3n) is 3.22. The molecule has 0 heterocycles. The summed E-state index contributed by atoms with van der Waals surface area (Å²) in [5, 5.41) is 0. The number of hydrogen-bond acceptors (Lipinski definition) is 2. The molecule has 102 valence electrons. The van der Waals surface area contributed by atoms with Crippen LogP contribution in [-0.4, -0.2) is 13.1 Å². The van der Waals surface area contributed by atoms with Crippen LogP contribution < -0.4 is 10.6 Å². The van der Waals surface area contributed by atoms with Gasteiger partial charge in [0.05, 0.1) is 10.2 Å². The highest BCUT2D eigenvalue weighted by Crippen LogP contribution is 2.30. The zero-order valence-corrected chi connectivity index (χ0v) is 13.1. The van der Waals surface area contributed by atoms with Crippen molar-refractivity contribution in [3.63, 3.8) is 0 Å². The van der Waals surface area contributed by atoms with E-state index in [9.17, 15) is 4.39 Å². The first kappa shape index (κ1) is 15.4. The number of benzene rings is 1. The van der Waals surface area contributed by atoms with Gasteiger partial charge < -0.3 is 10.6 Å². The topological polar surface area (TPSA) is 29.3 Å². The lowest BCUT2D eigenvalue weighted by atomic mass is 10.0.